The SMILES string of the molecule is C=C1NN(CCN2CCOCC2)S(=O)(=O)c2sc(S(N)(=O)=O)cc21. The van der Waals surface area contributed by atoms with E-state index in [9.17, 15) is 16.8 Å². The predicted octanol–water partition coefficient (Wildman–Crippen LogP) is -0.793. The van der Waals surface area contributed by atoms with Crippen LogP contribution in [0, 0.1) is 0 Å². The summed E-state index contributed by atoms with van der Waals surface area (Å²) in [5.41, 5.74) is 3.30. The number of hydrogen-bond donors (Lipinski definition) is 2. The van der Waals surface area contributed by atoms with Crippen LogP contribution >= 0.6 is 11.3 Å². The Balaban J connectivity index is 1.84. The van der Waals surface area contributed by atoms with Gasteiger partial charge in [0.15, 0.2) is 0 Å². The predicted molar refractivity (Wildman–Crippen MR) is 89.0 cm³/mol. The highest BCUT2D eigenvalue weighted by atomic mass is 32.3. The Kier molecular flexibility index (Phi) is 4.72. The lowest BCUT2D eigenvalue weighted by atomic mass is 10.3. The molecule has 0 aromatic carbocycles. The third-order valence-corrected chi connectivity index (χ3v) is 8.56. The lowest BCUT2D eigenvalue weighted by Gasteiger charge is -2.32. The number of ether oxygens (including phenoxy) is 1. The van der Waals surface area contributed by atoms with Crippen LogP contribution in [0.15, 0.2) is 21.1 Å². The van der Waals surface area contributed by atoms with Crippen molar-refractivity contribution in [2.75, 3.05) is 39.4 Å². The molecule has 12 heteroatoms. The molecule has 134 valence electrons. The van der Waals surface area contributed by atoms with Gasteiger partial charge in [0.05, 0.1) is 18.9 Å². The summed E-state index contributed by atoms with van der Waals surface area (Å²) in [6.45, 7) is 7.27. The van der Waals surface area contributed by atoms with E-state index in [0.29, 0.717) is 36.8 Å². The monoisotopic (exact) mass is 394 g/mol. The summed E-state index contributed by atoms with van der Waals surface area (Å²) in [6.07, 6.45) is 0. The van der Waals surface area contributed by atoms with Gasteiger partial charge in [0.25, 0.3) is 10.0 Å². The quantitative estimate of drug-likeness (QED) is 0.686. The van der Waals surface area contributed by atoms with Crippen molar-refractivity contribution in [2.24, 2.45) is 5.14 Å². The zero-order valence-corrected chi connectivity index (χ0v) is 15.2. The molecule has 1 saturated heterocycles. The van der Waals surface area contributed by atoms with Crippen molar-refractivity contribution in [3.05, 3.63) is 18.2 Å². The van der Waals surface area contributed by atoms with Crippen LogP contribution in [0.4, 0.5) is 0 Å². The van der Waals surface area contributed by atoms with Crippen molar-refractivity contribution in [2.45, 2.75) is 8.42 Å². The van der Waals surface area contributed by atoms with Crippen molar-refractivity contribution >= 4 is 37.1 Å². The van der Waals surface area contributed by atoms with Crippen molar-refractivity contribution in [3.63, 3.8) is 0 Å². The first-order valence-corrected chi connectivity index (χ1v) is 11.0. The van der Waals surface area contributed by atoms with Crippen LogP contribution in [-0.4, -0.2) is 65.5 Å². The second-order valence-electron chi connectivity index (χ2n) is 5.43. The summed E-state index contributed by atoms with van der Waals surface area (Å²) in [5, 5.41) is 5.10. The maximum Gasteiger partial charge on any atom is 0.270 e. The van der Waals surface area contributed by atoms with Gasteiger partial charge in [0, 0.05) is 31.7 Å². The molecule has 3 N–H and O–H groups in total. The molecule has 3 heterocycles. The molecule has 0 unspecified atom stereocenters. The van der Waals surface area contributed by atoms with Crippen LogP contribution in [0.2, 0.25) is 0 Å². The van der Waals surface area contributed by atoms with Crippen LogP contribution in [0.25, 0.3) is 5.70 Å². The van der Waals surface area contributed by atoms with Gasteiger partial charge in [-0.1, -0.05) is 6.58 Å². The minimum atomic E-state index is -3.97. The summed E-state index contributed by atoms with van der Waals surface area (Å²) >= 11 is 0.641. The number of hydrazine groups is 1. The lowest BCUT2D eigenvalue weighted by molar-refractivity contribution is 0.0355. The molecule has 1 aromatic heterocycles. The average molecular weight is 395 g/mol. The zero-order chi connectivity index (χ0) is 17.5. The summed E-state index contributed by atoms with van der Waals surface area (Å²) in [4.78, 5) is 2.10. The molecule has 0 radical (unpaired) electrons. The summed E-state index contributed by atoms with van der Waals surface area (Å²) in [5.74, 6) is 0. The summed E-state index contributed by atoms with van der Waals surface area (Å²) < 4.78 is 54.5. The molecular formula is C12H18N4O5S3. The van der Waals surface area contributed by atoms with E-state index in [0.717, 1.165) is 17.5 Å². The molecule has 0 saturated carbocycles. The van der Waals surface area contributed by atoms with Gasteiger partial charge in [-0.3, -0.25) is 4.90 Å². The number of sulfonamides is 2. The van der Waals surface area contributed by atoms with Crippen LogP contribution in [0.1, 0.15) is 5.56 Å². The highest BCUT2D eigenvalue weighted by Gasteiger charge is 2.37. The molecule has 0 atom stereocenters. The third-order valence-electron chi connectivity index (χ3n) is 3.79. The number of nitrogens with one attached hydrogen (secondary N) is 1. The Labute approximate surface area is 144 Å². The smallest absolute Gasteiger partial charge is 0.270 e. The molecule has 24 heavy (non-hydrogen) atoms. The number of hydrogen-bond acceptors (Lipinski definition) is 8. The second kappa shape index (κ2) is 6.37. The van der Waals surface area contributed by atoms with E-state index in [1.807, 2.05) is 0 Å². The van der Waals surface area contributed by atoms with E-state index in [1.54, 1.807) is 0 Å². The first-order valence-electron chi connectivity index (χ1n) is 7.15. The average Bonchev–Trinajstić information content (AvgIpc) is 2.98. The lowest BCUT2D eigenvalue weighted by Crippen LogP contribution is -2.49. The third kappa shape index (κ3) is 3.35. The van der Waals surface area contributed by atoms with Gasteiger partial charge in [-0.15, -0.1) is 15.8 Å². The fourth-order valence-corrected chi connectivity index (χ4v) is 6.48. The number of fused-ring (bicyclic) bond motifs is 1. The zero-order valence-electron chi connectivity index (χ0n) is 12.8. The molecule has 0 aliphatic carbocycles. The topological polar surface area (TPSA) is 122 Å². The minimum Gasteiger partial charge on any atom is -0.379 e. The van der Waals surface area contributed by atoms with E-state index in [4.69, 9.17) is 9.88 Å². The van der Waals surface area contributed by atoms with Crippen LogP contribution in [0.5, 0.6) is 0 Å². The van der Waals surface area contributed by atoms with Crippen LogP contribution in [-0.2, 0) is 24.8 Å². The molecule has 9 nitrogen and oxygen atoms in total. The second-order valence-corrected chi connectivity index (χ2v) is 10.3. The molecular weight excluding hydrogens is 376 g/mol. The van der Waals surface area contributed by atoms with E-state index in [1.165, 1.54) is 6.07 Å². The van der Waals surface area contributed by atoms with Gasteiger partial charge in [0.1, 0.15) is 8.42 Å². The van der Waals surface area contributed by atoms with Gasteiger partial charge >= 0.3 is 0 Å². The highest BCUT2D eigenvalue weighted by Crippen LogP contribution is 2.37. The van der Waals surface area contributed by atoms with Crippen molar-refractivity contribution in [1.82, 2.24) is 14.7 Å². The Morgan fingerprint density at radius 1 is 1.33 bits per heavy atom. The van der Waals surface area contributed by atoms with Gasteiger partial charge < -0.3 is 10.2 Å². The van der Waals surface area contributed by atoms with E-state index in [2.05, 4.69) is 16.9 Å². The molecule has 2 aliphatic rings. The van der Waals surface area contributed by atoms with Crippen molar-refractivity contribution < 1.29 is 21.6 Å². The number of thiophene rings is 1. The van der Waals surface area contributed by atoms with Crippen LogP contribution < -0.4 is 10.6 Å². The Morgan fingerprint density at radius 2 is 2.00 bits per heavy atom. The maximum absolute atomic E-state index is 12.7. The van der Waals surface area contributed by atoms with Crippen molar-refractivity contribution in [1.29, 1.82) is 0 Å². The minimum absolute atomic E-state index is 0.0581. The summed E-state index contributed by atoms with van der Waals surface area (Å²) in [7, 11) is -7.83. The molecule has 0 bridgehead atoms. The number of primary sulfonamides is 1. The highest BCUT2D eigenvalue weighted by molar-refractivity contribution is 7.94. The Bertz CT molecular complexity index is 855. The first-order chi connectivity index (χ1) is 11.2. The molecule has 0 amide bonds. The fraction of sp³-hybridized carbons (Fsp3) is 0.500. The maximum atomic E-state index is 12.7. The largest absolute Gasteiger partial charge is 0.379 e. The fourth-order valence-electron chi connectivity index (χ4n) is 2.50. The molecule has 1 fully saturated rings. The normalized spacial score (nSPS) is 22.1. The molecule has 2 aliphatic heterocycles. The standard InChI is InChI=1S/C12H18N4O5S3/c1-9-10-8-11(23(13,17)18)22-12(10)24(19,20)16(14-9)3-2-15-4-6-21-7-5-15/h8,14H,1-7H2,(H2,13,17,18). The van der Waals surface area contributed by atoms with Crippen molar-refractivity contribution in [3.8, 4) is 0 Å². The van der Waals surface area contributed by atoms with Gasteiger partial charge in [-0.25, -0.2) is 22.0 Å². The van der Waals surface area contributed by atoms with Gasteiger partial charge in [-0.2, -0.15) is 0 Å². The van der Waals surface area contributed by atoms with Gasteiger partial charge in [0.2, 0.25) is 10.0 Å². The van der Waals surface area contributed by atoms with E-state index in [-0.39, 0.29) is 20.5 Å². The Hall–Kier alpha value is -1.02. The van der Waals surface area contributed by atoms with Gasteiger partial charge in [-0.05, 0) is 6.07 Å². The first kappa shape index (κ1) is 17.8. The van der Waals surface area contributed by atoms with E-state index < -0.39 is 20.0 Å². The molecule has 0 spiro atoms. The molecule has 1 aromatic rings. The van der Waals surface area contributed by atoms with Crippen LogP contribution in [0.3, 0.4) is 0 Å². The number of rotatable bonds is 4. The Morgan fingerprint density at radius 3 is 2.62 bits per heavy atom. The number of nitrogens with two attached hydrogens (primary N) is 1. The number of morpholine rings is 1. The molecule has 3 rings (SSSR count). The summed E-state index contributed by atoms with van der Waals surface area (Å²) in [6, 6.07) is 1.24. The number of nitrogens with zero attached hydrogens (tertiary/aromatic N) is 2. The van der Waals surface area contributed by atoms with E-state index >= 15 is 0 Å².